The number of carbonyl (C=O) groups is 1. The van der Waals surface area contributed by atoms with Gasteiger partial charge in [0, 0.05) is 35.6 Å². The molecule has 1 spiro atoms. The fraction of sp³-hybridized carbons (Fsp3) is 0.370. The SMILES string of the molecule is C=CCN1C(=O)[C@]2(O[C@H](CCO)[C@@H]([Si](C)(C)O)[C@@H]2C)c2cc(-n3ncc4ccccc4c3=O)ccc21. The smallest absolute Gasteiger partial charge is 0.279 e. The first-order valence-corrected chi connectivity index (χ1v) is 15.2. The largest absolute Gasteiger partial charge is 0.432 e. The Bertz CT molecular complexity index is 1410. The minimum Gasteiger partial charge on any atom is -0.432 e. The van der Waals surface area contributed by atoms with E-state index in [0.717, 1.165) is 5.39 Å². The van der Waals surface area contributed by atoms with Crippen molar-refractivity contribution in [2.45, 2.75) is 43.7 Å². The Labute approximate surface area is 210 Å². The number of amides is 1. The Kier molecular flexibility index (Phi) is 5.99. The van der Waals surface area contributed by atoms with Crippen molar-refractivity contribution in [3.8, 4) is 5.69 Å². The molecule has 2 aromatic carbocycles. The zero-order chi connectivity index (χ0) is 25.8. The quantitative estimate of drug-likeness (QED) is 0.394. The first-order chi connectivity index (χ1) is 17.1. The summed E-state index contributed by atoms with van der Waals surface area (Å²) in [5.74, 6) is -0.567. The first-order valence-electron chi connectivity index (χ1n) is 12.2. The molecule has 1 fully saturated rings. The van der Waals surface area contributed by atoms with Gasteiger partial charge < -0.3 is 19.5 Å². The molecule has 0 unspecified atom stereocenters. The second-order valence-corrected chi connectivity index (χ2v) is 14.2. The molecular weight excluding hydrogens is 474 g/mol. The number of hydrogen-bond acceptors (Lipinski definition) is 6. The average molecular weight is 506 g/mol. The zero-order valence-corrected chi connectivity index (χ0v) is 21.7. The molecule has 5 rings (SSSR count). The third kappa shape index (κ3) is 3.49. The van der Waals surface area contributed by atoms with E-state index in [0.29, 0.717) is 35.3 Å². The summed E-state index contributed by atoms with van der Waals surface area (Å²) < 4.78 is 7.93. The molecule has 2 aliphatic heterocycles. The Morgan fingerprint density at radius 3 is 2.67 bits per heavy atom. The second kappa shape index (κ2) is 8.77. The van der Waals surface area contributed by atoms with Gasteiger partial charge in [-0.15, -0.1) is 6.58 Å². The monoisotopic (exact) mass is 505 g/mol. The molecule has 2 N–H and O–H groups in total. The van der Waals surface area contributed by atoms with Crippen LogP contribution < -0.4 is 10.5 Å². The van der Waals surface area contributed by atoms with Crippen molar-refractivity contribution in [2.75, 3.05) is 18.1 Å². The second-order valence-electron chi connectivity index (χ2n) is 10.2. The number of nitrogens with zero attached hydrogens (tertiary/aromatic N) is 3. The average Bonchev–Trinajstić information content (AvgIpc) is 3.27. The lowest BCUT2D eigenvalue weighted by Crippen LogP contribution is -2.46. The highest BCUT2D eigenvalue weighted by Crippen LogP contribution is 2.59. The number of fused-ring (bicyclic) bond motifs is 3. The Morgan fingerprint density at radius 1 is 1.22 bits per heavy atom. The van der Waals surface area contributed by atoms with Crippen LogP contribution in [0.5, 0.6) is 0 Å². The highest BCUT2D eigenvalue weighted by molar-refractivity contribution is 6.71. The van der Waals surface area contributed by atoms with Gasteiger partial charge in [0.2, 0.25) is 0 Å². The molecule has 0 aliphatic carbocycles. The summed E-state index contributed by atoms with van der Waals surface area (Å²) >= 11 is 0. The molecular formula is C27H31N3O5Si. The molecule has 1 aromatic heterocycles. The first kappa shape index (κ1) is 24.6. The lowest BCUT2D eigenvalue weighted by molar-refractivity contribution is -0.146. The van der Waals surface area contributed by atoms with Gasteiger partial charge in [0.15, 0.2) is 13.9 Å². The number of hydrogen-bond donors (Lipinski definition) is 2. The molecule has 36 heavy (non-hydrogen) atoms. The summed E-state index contributed by atoms with van der Waals surface area (Å²) in [6, 6.07) is 12.7. The number of anilines is 1. The Balaban J connectivity index is 1.72. The van der Waals surface area contributed by atoms with E-state index in [-0.39, 0.29) is 29.5 Å². The van der Waals surface area contributed by atoms with E-state index < -0.39 is 20.0 Å². The molecule has 3 heterocycles. The Hall–Kier alpha value is -3.11. The van der Waals surface area contributed by atoms with Crippen LogP contribution in [0.2, 0.25) is 18.6 Å². The molecule has 1 amide bonds. The third-order valence-corrected chi connectivity index (χ3v) is 10.1. The van der Waals surface area contributed by atoms with Crippen LogP contribution >= 0.6 is 0 Å². The topological polar surface area (TPSA) is 105 Å². The molecule has 9 heteroatoms. The van der Waals surface area contributed by atoms with Crippen molar-refractivity contribution in [3.05, 3.63) is 77.2 Å². The fourth-order valence-electron chi connectivity index (χ4n) is 6.18. The fourth-order valence-corrected chi connectivity index (χ4v) is 8.78. The van der Waals surface area contributed by atoms with Crippen molar-refractivity contribution in [1.29, 1.82) is 0 Å². The molecule has 0 bridgehead atoms. The summed E-state index contributed by atoms with van der Waals surface area (Å²) in [5, 5.41) is 15.4. The lowest BCUT2D eigenvalue weighted by Gasteiger charge is -2.32. The van der Waals surface area contributed by atoms with Crippen molar-refractivity contribution in [3.63, 3.8) is 0 Å². The van der Waals surface area contributed by atoms with Crippen molar-refractivity contribution >= 4 is 30.7 Å². The number of aliphatic hydroxyl groups is 1. The molecule has 0 radical (unpaired) electrons. The maximum Gasteiger partial charge on any atom is 0.279 e. The Morgan fingerprint density at radius 2 is 1.97 bits per heavy atom. The zero-order valence-electron chi connectivity index (χ0n) is 20.7. The number of carbonyl (C=O) groups excluding carboxylic acids is 1. The van der Waals surface area contributed by atoms with Crippen LogP contribution in [0.15, 0.2) is 66.1 Å². The highest BCUT2D eigenvalue weighted by atomic mass is 28.4. The summed E-state index contributed by atoms with van der Waals surface area (Å²) in [6.07, 6.45) is 3.17. The van der Waals surface area contributed by atoms with Crippen molar-refractivity contribution in [1.82, 2.24) is 9.78 Å². The van der Waals surface area contributed by atoms with E-state index in [1.165, 1.54) is 4.68 Å². The van der Waals surface area contributed by atoms with Gasteiger partial charge in [-0.25, -0.2) is 0 Å². The molecule has 4 atom stereocenters. The van der Waals surface area contributed by atoms with E-state index in [4.69, 9.17) is 4.74 Å². The molecule has 3 aromatic rings. The van der Waals surface area contributed by atoms with Crippen molar-refractivity contribution in [2.24, 2.45) is 5.92 Å². The van der Waals surface area contributed by atoms with Gasteiger partial charge in [0.1, 0.15) is 0 Å². The highest BCUT2D eigenvalue weighted by Gasteiger charge is 2.66. The number of rotatable bonds is 6. The van der Waals surface area contributed by atoms with Gasteiger partial charge in [-0.1, -0.05) is 31.2 Å². The van der Waals surface area contributed by atoms with Gasteiger partial charge in [0.25, 0.3) is 11.5 Å². The van der Waals surface area contributed by atoms with E-state index in [9.17, 15) is 19.5 Å². The van der Waals surface area contributed by atoms with E-state index >= 15 is 0 Å². The van der Waals surface area contributed by atoms with Crippen LogP contribution in [-0.4, -0.2) is 53.2 Å². The predicted octanol–water partition coefficient (Wildman–Crippen LogP) is 3.10. The minimum atomic E-state index is -2.78. The van der Waals surface area contributed by atoms with E-state index in [2.05, 4.69) is 11.7 Å². The summed E-state index contributed by atoms with van der Waals surface area (Å²) in [4.78, 5) is 40.1. The van der Waals surface area contributed by atoms with E-state index in [1.54, 1.807) is 35.4 Å². The lowest BCUT2D eigenvalue weighted by atomic mass is 9.82. The van der Waals surface area contributed by atoms with Gasteiger partial charge in [0.05, 0.1) is 29.1 Å². The van der Waals surface area contributed by atoms with Crippen molar-refractivity contribution < 1.29 is 19.4 Å². The molecule has 2 aliphatic rings. The maximum atomic E-state index is 14.0. The number of benzene rings is 2. The number of aliphatic hydroxyl groups excluding tert-OH is 1. The minimum absolute atomic E-state index is 0.109. The van der Waals surface area contributed by atoms with Gasteiger partial charge in [-0.3, -0.25) is 9.59 Å². The van der Waals surface area contributed by atoms with Gasteiger partial charge in [-0.05, 0) is 43.8 Å². The molecule has 8 nitrogen and oxygen atoms in total. The van der Waals surface area contributed by atoms with Crippen LogP contribution in [0.4, 0.5) is 5.69 Å². The summed E-state index contributed by atoms with van der Waals surface area (Å²) in [6.45, 7) is 9.64. The number of ether oxygens (including phenoxy) is 1. The van der Waals surface area contributed by atoms with Crippen LogP contribution in [0.25, 0.3) is 16.5 Å². The van der Waals surface area contributed by atoms with Gasteiger partial charge in [-0.2, -0.15) is 9.78 Å². The van der Waals surface area contributed by atoms with Crippen LogP contribution in [-0.2, 0) is 15.1 Å². The standard InChI is InChI=1S/C27H31N3O5Si/c1-5-13-29-22-11-10-19(30-25(32)20-9-7-6-8-18(20)16-28-30)15-21(22)27(26(29)33)17(2)24(36(3,4)34)23(35-27)12-14-31/h5-11,15-17,23-24,31,34H,1,12-14H2,2-4H3/t17-,23+,24-,27+/m0/s1. The van der Waals surface area contributed by atoms with Crippen LogP contribution in [0.1, 0.15) is 18.9 Å². The van der Waals surface area contributed by atoms with Crippen LogP contribution in [0.3, 0.4) is 0 Å². The van der Waals surface area contributed by atoms with Gasteiger partial charge >= 0.3 is 0 Å². The summed E-state index contributed by atoms with van der Waals surface area (Å²) in [7, 11) is -2.78. The summed E-state index contributed by atoms with van der Waals surface area (Å²) in [5.41, 5.74) is -0.0117. The van der Waals surface area contributed by atoms with Crippen LogP contribution in [0, 0.1) is 5.92 Å². The molecule has 1 saturated heterocycles. The maximum absolute atomic E-state index is 14.0. The molecule has 188 valence electrons. The molecule has 0 saturated carbocycles. The third-order valence-electron chi connectivity index (χ3n) is 7.63. The predicted molar refractivity (Wildman–Crippen MR) is 141 cm³/mol. The number of aromatic nitrogens is 2. The van der Waals surface area contributed by atoms with E-state index in [1.807, 2.05) is 44.3 Å². The normalized spacial score (nSPS) is 25.6.